The monoisotopic (exact) mass is 344 g/mol. The van der Waals surface area contributed by atoms with E-state index in [9.17, 15) is 9.90 Å². The van der Waals surface area contributed by atoms with Crippen molar-refractivity contribution in [2.75, 3.05) is 0 Å². The van der Waals surface area contributed by atoms with E-state index in [1.54, 1.807) is 11.3 Å². The molecule has 1 N–H and O–H groups in total. The second-order valence-electron chi connectivity index (χ2n) is 5.73. The molecule has 1 aliphatic carbocycles. The normalized spacial score (nSPS) is 27.4. The summed E-state index contributed by atoms with van der Waals surface area (Å²) in [4.78, 5) is 12.9. The van der Waals surface area contributed by atoms with Gasteiger partial charge in [-0.2, -0.15) is 0 Å². The Kier molecular flexibility index (Phi) is 5.07. The Bertz CT molecular complexity index is 433. The predicted molar refractivity (Wildman–Crippen MR) is 82.7 cm³/mol. The standard InChI is InChI=1S/C15H21BrO2S/c1-2-3-11-4-6-15(7-5-11,14(17)18)9-13-8-12(16)10-19-13/h8,10-11H,2-7,9H2,1H3,(H,17,18). The van der Waals surface area contributed by atoms with Crippen molar-refractivity contribution in [3.05, 3.63) is 20.8 Å². The van der Waals surface area contributed by atoms with Crippen molar-refractivity contribution in [3.63, 3.8) is 0 Å². The van der Waals surface area contributed by atoms with Crippen molar-refractivity contribution < 1.29 is 9.90 Å². The Labute approximate surface area is 127 Å². The van der Waals surface area contributed by atoms with Gasteiger partial charge in [0.05, 0.1) is 5.41 Å². The molecule has 1 heterocycles. The maximum absolute atomic E-state index is 11.7. The van der Waals surface area contributed by atoms with E-state index >= 15 is 0 Å². The van der Waals surface area contributed by atoms with E-state index in [-0.39, 0.29) is 0 Å². The molecule has 1 aromatic heterocycles. The number of carboxylic acids is 1. The van der Waals surface area contributed by atoms with Crippen LogP contribution in [0, 0.1) is 11.3 Å². The number of thiophene rings is 1. The van der Waals surface area contributed by atoms with Crippen LogP contribution in [0.4, 0.5) is 0 Å². The second-order valence-corrected chi connectivity index (χ2v) is 7.64. The maximum atomic E-state index is 11.7. The fourth-order valence-electron chi connectivity index (χ4n) is 3.17. The van der Waals surface area contributed by atoms with Crippen LogP contribution in [0.3, 0.4) is 0 Å². The average molecular weight is 345 g/mol. The number of halogens is 1. The van der Waals surface area contributed by atoms with Crippen molar-refractivity contribution in [1.29, 1.82) is 0 Å². The molecular formula is C15H21BrO2S. The highest BCUT2D eigenvalue weighted by Gasteiger charge is 2.42. The molecule has 4 heteroatoms. The number of rotatable bonds is 5. The van der Waals surface area contributed by atoms with E-state index in [0.29, 0.717) is 6.42 Å². The second kappa shape index (κ2) is 6.40. The van der Waals surface area contributed by atoms with Crippen LogP contribution in [0.5, 0.6) is 0 Å². The molecule has 1 aromatic rings. The molecule has 0 atom stereocenters. The average Bonchev–Trinajstić information content (AvgIpc) is 2.77. The van der Waals surface area contributed by atoms with Crippen LogP contribution in [0.15, 0.2) is 15.9 Å². The van der Waals surface area contributed by atoms with Crippen molar-refractivity contribution in [3.8, 4) is 0 Å². The van der Waals surface area contributed by atoms with Crippen molar-refractivity contribution >= 4 is 33.2 Å². The van der Waals surface area contributed by atoms with Gasteiger partial charge in [0.25, 0.3) is 0 Å². The molecule has 2 nitrogen and oxygen atoms in total. The number of aliphatic carboxylic acids is 1. The van der Waals surface area contributed by atoms with E-state index < -0.39 is 11.4 Å². The lowest BCUT2D eigenvalue weighted by atomic mass is 9.67. The number of hydrogen-bond donors (Lipinski definition) is 1. The summed E-state index contributed by atoms with van der Waals surface area (Å²) in [6.07, 6.45) is 6.98. The highest BCUT2D eigenvalue weighted by molar-refractivity contribution is 9.10. The highest BCUT2D eigenvalue weighted by Crippen LogP contribution is 2.44. The molecule has 1 saturated carbocycles. The fraction of sp³-hybridized carbons (Fsp3) is 0.667. The summed E-state index contributed by atoms with van der Waals surface area (Å²) >= 11 is 5.10. The van der Waals surface area contributed by atoms with Crippen LogP contribution >= 0.6 is 27.3 Å². The van der Waals surface area contributed by atoms with Gasteiger partial charge in [0, 0.05) is 14.7 Å². The Morgan fingerprint density at radius 2 is 2.21 bits per heavy atom. The minimum atomic E-state index is -0.605. The molecule has 19 heavy (non-hydrogen) atoms. The first kappa shape index (κ1) is 15.0. The van der Waals surface area contributed by atoms with E-state index in [0.717, 1.165) is 36.1 Å². The van der Waals surface area contributed by atoms with Crippen LogP contribution in [-0.4, -0.2) is 11.1 Å². The lowest BCUT2D eigenvalue weighted by molar-refractivity contribution is -0.151. The summed E-state index contributed by atoms with van der Waals surface area (Å²) in [6, 6.07) is 2.06. The number of carboxylic acid groups (broad SMARTS) is 1. The minimum Gasteiger partial charge on any atom is -0.481 e. The highest BCUT2D eigenvalue weighted by atomic mass is 79.9. The summed E-state index contributed by atoms with van der Waals surface area (Å²) in [7, 11) is 0. The van der Waals surface area contributed by atoms with Crippen LogP contribution < -0.4 is 0 Å². The lowest BCUT2D eigenvalue weighted by Crippen LogP contribution is -2.37. The molecule has 0 amide bonds. The van der Waals surface area contributed by atoms with Gasteiger partial charge < -0.3 is 5.11 Å². The summed E-state index contributed by atoms with van der Waals surface area (Å²) in [6.45, 7) is 2.21. The summed E-state index contributed by atoms with van der Waals surface area (Å²) in [5, 5.41) is 11.7. The zero-order chi connectivity index (χ0) is 13.9. The maximum Gasteiger partial charge on any atom is 0.309 e. The summed E-state index contributed by atoms with van der Waals surface area (Å²) < 4.78 is 1.06. The first-order valence-electron chi connectivity index (χ1n) is 7.02. The SMILES string of the molecule is CCCC1CCC(Cc2cc(Br)cs2)(C(=O)O)CC1. The number of hydrogen-bond acceptors (Lipinski definition) is 2. The van der Waals surface area contributed by atoms with Gasteiger partial charge in [-0.15, -0.1) is 11.3 Å². The summed E-state index contributed by atoms with van der Waals surface area (Å²) in [5.41, 5.74) is -0.519. The third-order valence-corrected chi connectivity index (χ3v) is 6.04. The van der Waals surface area contributed by atoms with Gasteiger partial charge >= 0.3 is 5.97 Å². The Morgan fingerprint density at radius 3 is 2.68 bits per heavy atom. The predicted octanol–water partition coefficient (Wildman–Crippen LogP) is 5.11. The van der Waals surface area contributed by atoms with Gasteiger partial charge in [-0.25, -0.2) is 0 Å². The minimum absolute atomic E-state index is 0.519. The molecule has 0 radical (unpaired) electrons. The lowest BCUT2D eigenvalue weighted by Gasteiger charge is -2.36. The Balaban J connectivity index is 2.06. The zero-order valence-corrected chi connectivity index (χ0v) is 13.7. The molecule has 0 unspecified atom stereocenters. The first-order valence-corrected chi connectivity index (χ1v) is 8.69. The van der Waals surface area contributed by atoms with Crippen molar-refractivity contribution in [2.24, 2.45) is 11.3 Å². The number of carbonyl (C=O) groups is 1. The van der Waals surface area contributed by atoms with Gasteiger partial charge in [-0.3, -0.25) is 4.79 Å². The van der Waals surface area contributed by atoms with Crippen molar-refractivity contribution in [1.82, 2.24) is 0 Å². The molecule has 2 rings (SSSR count). The molecule has 1 fully saturated rings. The fourth-order valence-corrected chi connectivity index (χ4v) is 4.77. The molecule has 106 valence electrons. The van der Waals surface area contributed by atoms with Gasteiger partial charge in [-0.1, -0.05) is 19.8 Å². The van der Waals surface area contributed by atoms with E-state index in [1.165, 1.54) is 17.7 Å². The molecule has 0 saturated heterocycles. The topological polar surface area (TPSA) is 37.3 Å². The molecular weight excluding hydrogens is 324 g/mol. The first-order chi connectivity index (χ1) is 9.05. The van der Waals surface area contributed by atoms with Gasteiger partial charge in [0.1, 0.15) is 0 Å². The molecule has 0 aromatic carbocycles. The largest absolute Gasteiger partial charge is 0.481 e. The Morgan fingerprint density at radius 1 is 1.53 bits per heavy atom. The molecule has 0 bridgehead atoms. The zero-order valence-electron chi connectivity index (χ0n) is 11.3. The van der Waals surface area contributed by atoms with E-state index in [1.807, 2.05) is 5.38 Å². The van der Waals surface area contributed by atoms with E-state index in [2.05, 4.69) is 28.9 Å². The smallest absolute Gasteiger partial charge is 0.309 e. The third-order valence-electron chi connectivity index (χ3n) is 4.35. The summed E-state index contributed by atoms with van der Waals surface area (Å²) in [5.74, 6) is 0.138. The van der Waals surface area contributed by atoms with Crippen LogP contribution in [0.1, 0.15) is 50.3 Å². The van der Waals surface area contributed by atoms with Crippen LogP contribution in [0.25, 0.3) is 0 Å². The van der Waals surface area contributed by atoms with Gasteiger partial charge in [0.2, 0.25) is 0 Å². The Hall–Kier alpha value is -0.350. The van der Waals surface area contributed by atoms with Crippen molar-refractivity contribution in [2.45, 2.75) is 51.9 Å². The van der Waals surface area contributed by atoms with Crippen LogP contribution in [-0.2, 0) is 11.2 Å². The van der Waals surface area contributed by atoms with E-state index in [4.69, 9.17) is 0 Å². The molecule has 1 aliphatic rings. The molecule has 0 spiro atoms. The third kappa shape index (κ3) is 3.60. The quantitative estimate of drug-likeness (QED) is 0.805. The van der Waals surface area contributed by atoms with Gasteiger partial charge in [0.15, 0.2) is 0 Å². The van der Waals surface area contributed by atoms with Gasteiger partial charge in [-0.05, 0) is 60.0 Å². The molecule has 0 aliphatic heterocycles. The van der Waals surface area contributed by atoms with Crippen LogP contribution in [0.2, 0.25) is 0 Å².